The van der Waals surface area contributed by atoms with E-state index in [4.69, 9.17) is 4.74 Å². The van der Waals surface area contributed by atoms with Crippen molar-refractivity contribution in [2.24, 2.45) is 4.99 Å². The number of aliphatic imine (C=N–C) groups is 1. The minimum Gasteiger partial charge on any atom is -0.504 e. The normalized spacial score (nSPS) is 17.6. The number of nitrogens with zero attached hydrogens (tertiary/aromatic N) is 2. The van der Waals surface area contributed by atoms with Gasteiger partial charge in [-0.2, -0.15) is 0 Å². The average molecular weight is 360 g/mol. The standard InChI is InChI=1S/C19H24N2O3S/c1-5-9-14-10-13(11-15(17(14)22)24-8-4)12-16-18(23)21(7-3)19(25-16)20-6-2/h5,10-12,22H,1,6-9H2,2-4H3. The number of hydrogen-bond donors (Lipinski definition) is 1. The maximum absolute atomic E-state index is 12.6. The molecule has 25 heavy (non-hydrogen) atoms. The summed E-state index contributed by atoms with van der Waals surface area (Å²) in [5, 5.41) is 11.0. The topological polar surface area (TPSA) is 62.1 Å². The number of thioether (sulfide) groups is 1. The summed E-state index contributed by atoms with van der Waals surface area (Å²) in [5.74, 6) is 0.493. The van der Waals surface area contributed by atoms with Crippen LogP contribution in [0.4, 0.5) is 0 Å². The van der Waals surface area contributed by atoms with Crippen LogP contribution in [0.2, 0.25) is 0 Å². The van der Waals surface area contributed by atoms with Gasteiger partial charge in [0.2, 0.25) is 0 Å². The second kappa shape index (κ2) is 8.76. The van der Waals surface area contributed by atoms with Gasteiger partial charge in [0, 0.05) is 18.7 Å². The highest BCUT2D eigenvalue weighted by Crippen LogP contribution is 2.36. The van der Waals surface area contributed by atoms with Gasteiger partial charge in [0.1, 0.15) is 0 Å². The van der Waals surface area contributed by atoms with Crippen LogP contribution in [0.25, 0.3) is 6.08 Å². The molecule has 5 nitrogen and oxygen atoms in total. The zero-order valence-corrected chi connectivity index (χ0v) is 15.7. The zero-order chi connectivity index (χ0) is 18.4. The number of likely N-dealkylation sites (N-methyl/N-ethyl adjacent to an activating group) is 1. The molecule has 0 atom stereocenters. The van der Waals surface area contributed by atoms with E-state index >= 15 is 0 Å². The number of amidine groups is 1. The van der Waals surface area contributed by atoms with Gasteiger partial charge in [-0.1, -0.05) is 6.08 Å². The molecule has 1 saturated heterocycles. The average Bonchev–Trinajstić information content (AvgIpc) is 2.87. The molecular weight excluding hydrogens is 336 g/mol. The van der Waals surface area contributed by atoms with Gasteiger partial charge >= 0.3 is 0 Å². The largest absolute Gasteiger partial charge is 0.504 e. The number of hydrogen-bond acceptors (Lipinski definition) is 5. The van der Waals surface area contributed by atoms with Crippen molar-refractivity contribution < 1.29 is 14.6 Å². The Bertz CT molecular complexity index is 726. The van der Waals surface area contributed by atoms with Gasteiger partial charge in [-0.3, -0.25) is 14.7 Å². The van der Waals surface area contributed by atoms with E-state index in [2.05, 4.69) is 11.6 Å². The van der Waals surface area contributed by atoms with Gasteiger partial charge in [0.05, 0.1) is 11.5 Å². The molecule has 1 N–H and O–H groups in total. The second-order valence-corrected chi connectivity index (χ2v) is 6.38. The first-order valence-corrected chi connectivity index (χ1v) is 9.22. The lowest BCUT2D eigenvalue weighted by Crippen LogP contribution is -2.28. The minimum atomic E-state index is -0.0454. The first-order chi connectivity index (χ1) is 12.0. The lowest BCUT2D eigenvalue weighted by molar-refractivity contribution is -0.122. The minimum absolute atomic E-state index is 0.0454. The Morgan fingerprint density at radius 2 is 2.12 bits per heavy atom. The summed E-state index contributed by atoms with van der Waals surface area (Å²) in [7, 11) is 0. The van der Waals surface area contributed by atoms with Crippen LogP contribution in [0, 0.1) is 0 Å². The van der Waals surface area contributed by atoms with E-state index in [1.807, 2.05) is 32.9 Å². The molecule has 6 heteroatoms. The van der Waals surface area contributed by atoms with Gasteiger partial charge in [-0.15, -0.1) is 6.58 Å². The molecule has 0 aliphatic carbocycles. The van der Waals surface area contributed by atoms with Crippen LogP contribution in [-0.4, -0.2) is 40.8 Å². The Labute approximate surface area is 153 Å². The molecule has 0 aromatic heterocycles. The molecule has 1 aromatic carbocycles. The first kappa shape index (κ1) is 19.1. The summed E-state index contributed by atoms with van der Waals surface area (Å²) in [6.45, 7) is 11.1. The Morgan fingerprint density at radius 3 is 2.72 bits per heavy atom. The Balaban J connectivity index is 2.44. The third kappa shape index (κ3) is 4.25. The third-order valence-corrected chi connectivity index (χ3v) is 4.68. The van der Waals surface area contributed by atoms with Gasteiger partial charge in [-0.05, 0) is 62.7 Å². The number of amides is 1. The molecule has 0 spiro atoms. The lowest BCUT2D eigenvalue weighted by Gasteiger charge is -2.12. The Kier molecular flexibility index (Phi) is 6.70. The second-order valence-electron chi connectivity index (χ2n) is 5.37. The number of rotatable bonds is 7. The molecule has 134 valence electrons. The van der Waals surface area contributed by atoms with Crippen molar-refractivity contribution in [3.05, 3.63) is 40.8 Å². The highest BCUT2D eigenvalue weighted by atomic mass is 32.2. The van der Waals surface area contributed by atoms with Crippen LogP contribution in [0.1, 0.15) is 31.9 Å². The van der Waals surface area contributed by atoms with Crippen LogP contribution in [0.15, 0.2) is 34.7 Å². The third-order valence-electron chi connectivity index (χ3n) is 3.64. The summed E-state index contributed by atoms with van der Waals surface area (Å²) in [6.07, 6.45) is 4.07. The zero-order valence-electron chi connectivity index (χ0n) is 14.9. The van der Waals surface area contributed by atoms with Crippen molar-refractivity contribution >= 4 is 28.9 Å². The van der Waals surface area contributed by atoms with Gasteiger partial charge < -0.3 is 9.84 Å². The van der Waals surface area contributed by atoms with E-state index in [9.17, 15) is 9.90 Å². The Morgan fingerprint density at radius 1 is 1.36 bits per heavy atom. The number of allylic oxidation sites excluding steroid dienone is 1. The summed E-state index contributed by atoms with van der Waals surface area (Å²) >= 11 is 1.38. The van der Waals surface area contributed by atoms with Crippen molar-refractivity contribution in [1.29, 1.82) is 0 Å². The van der Waals surface area contributed by atoms with Crippen molar-refractivity contribution in [2.45, 2.75) is 27.2 Å². The fraction of sp³-hybridized carbons (Fsp3) is 0.368. The van der Waals surface area contributed by atoms with Gasteiger partial charge in [-0.25, -0.2) is 0 Å². The highest BCUT2D eigenvalue weighted by Gasteiger charge is 2.31. The van der Waals surface area contributed by atoms with Crippen LogP contribution >= 0.6 is 11.8 Å². The van der Waals surface area contributed by atoms with Crippen LogP contribution in [-0.2, 0) is 11.2 Å². The predicted molar refractivity (Wildman–Crippen MR) is 104 cm³/mol. The number of phenols is 1. The lowest BCUT2D eigenvalue weighted by atomic mass is 10.1. The summed E-state index contributed by atoms with van der Waals surface area (Å²) in [4.78, 5) is 19.3. The molecule has 1 fully saturated rings. The monoisotopic (exact) mass is 360 g/mol. The molecule has 1 heterocycles. The van der Waals surface area contributed by atoms with E-state index in [0.29, 0.717) is 36.8 Å². The molecule has 2 rings (SSSR count). The van der Waals surface area contributed by atoms with E-state index < -0.39 is 0 Å². The van der Waals surface area contributed by atoms with E-state index in [-0.39, 0.29) is 11.7 Å². The molecule has 0 unspecified atom stereocenters. The molecule has 1 amide bonds. The number of aromatic hydroxyl groups is 1. The maximum Gasteiger partial charge on any atom is 0.266 e. The van der Waals surface area contributed by atoms with E-state index in [1.54, 1.807) is 17.0 Å². The molecule has 1 aliphatic rings. The van der Waals surface area contributed by atoms with Gasteiger partial charge in [0.15, 0.2) is 16.7 Å². The first-order valence-electron chi connectivity index (χ1n) is 8.41. The predicted octanol–water partition coefficient (Wildman–Crippen LogP) is 3.83. The fourth-order valence-electron chi connectivity index (χ4n) is 2.54. The molecule has 0 radical (unpaired) electrons. The highest BCUT2D eigenvalue weighted by molar-refractivity contribution is 8.18. The van der Waals surface area contributed by atoms with Crippen molar-refractivity contribution in [3.63, 3.8) is 0 Å². The molecule has 0 bridgehead atoms. The Hall–Kier alpha value is -2.21. The molecular formula is C19H24N2O3S. The van der Waals surface area contributed by atoms with Gasteiger partial charge in [0.25, 0.3) is 5.91 Å². The van der Waals surface area contributed by atoms with Crippen LogP contribution in [0.3, 0.4) is 0 Å². The molecule has 1 aliphatic heterocycles. The number of benzene rings is 1. The SMILES string of the molecule is C=CCc1cc(C=C2SC(=NCC)N(CC)C2=O)cc(OCC)c1O. The van der Waals surface area contributed by atoms with Crippen molar-refractivity contribution in [3.8, 4) is 11.5 Å². The number of carbonyl (C=O) groups is 1. The molecule has 1 aromatic rings. The quantitative estimate of drug-likeness (QED) is 0.593. The maximum atomic E-state index is 12.6. The van der Waals surface area contributed by atoms with Crippen LogP contribution in [0.5, 0.6) is 11.5 Å². The molecule has 0 saturated carbocycles. The van der Waals surface area contributed by atoms with E-state index in [0.717, 1.165) is 16.3 Å². The van der Waals surface area contributed by atoms with E-state index in [1.165, 1.54) is 11.8 Å². The fourth-order valence-corrected chi connectivity index (χ4v) is 3.65. The van der Waals surface area contributed by atoms with Crippen molar-refractivity contribution in [1.82, 2.24) is 4.90 Å². The summed E-state index contributed by atoms with van der Waals surface area (Å²) in [5.41, 5.74) is 1.53. The smallest absolute Gasteiger partial charge is 0.266 e. The van der Waals surface area contributed by atoms with Crippen LogP contribution < -0.4 is 4.74 Å². The number of carbonyl (C=O) groups excluding carboxylic acids is 1. The summed E-state index contributed by atoms with van der Waals surface area (Å²) in [6, 6.07) is 3.60. The number of phenolic OH excluding ortho intramolecular Hbond substituents is 1. The van der Waals surface area contributed by atoms with Crippen molar-refractivity contribution in [2.75, 3.05) is 19.7 Å². The summed E-state index contributed by atoms with van der Waals surface area (Å²) < 4.78 is 5.52. The number of ether oxygens (including phenoxy) is 1.